The first-order chi connectivity index (χ1) is 6.86. The standard InChI is InChI=1S/C12H17NO/c14-12-7-6-10-3-1-5-11(12)9-13-8-2-4-10/h6-7,9,13-14H,1-5,8H2/b10-6+,11-9+,12-7+. The monoisotopic (exact) mass is 191 g/mol. The molecule has 0 atom stereocenters. The van der Waals surface area contributed by atoms with Gasteiger partial charge in [-0.25, -0.2) is 0 Å². The average molecular weight is 191 g/mol. The van der Waals surface area contributed by atoms with Crippen LogP contribution in [-0.2, 0) is 0 Å². The Kier molecular flexibility index (Phi) is 2.92. The minimum atomic E-state index is 0.427. The number of hydrogen-bond acceptors (Lipinski definition) is 2. The highest BCUT2D eigenvalue weighted by Gasteiger charge is 2.09. The first-order valence-electron chi connectivity index (χ1n) is 5.38. The lowest BCUT2D eigenvalue weighted by molar-refractivity contribution is 0.415. The number of hydrogen-bond donors (Lipinski definition) is 2. The van der Waals surface area contributed by atoms with Crippen molar-refractivity contribution < 1.29 is 5.11 Å². The molecule has 0 amide bonds. The number of aliphatic hydroxyl groups is 1. The van der Waals surface area contributed by atoms with E-state index < -0.39 is 0 Å². The van der Waals surface area contributed by atoms with Gasteiger partial charge < -0.3 is 10.4 Å². The highest BCUT2D eigenvalue weighted by molar-refractivity contribution is 5.31. The largest absolute Gasteiger partial charge is 0.508 e. The molecule has 3 aliphatic rings. The second kappa shape index (κ2) is 4.36. The Morgan fingerprint density at radius 3 is 2.86 bits per heavy atom. The van der Waals surface area contributed by atoms with Gasteiger partial charge in [-0.2, -0.15) is 0 Å². The SMILES string of the molecule is OC1=C/C=C2/CCCN\C=C\1CCC2. The lowest BCUT2D eigenvalue weighted by Gasteiger charge is -2.15. The van der Waals surface area contributed by atoms with E-state index in [1.165, 1.54) is 18.4 Å². The van der Waals surface area contributed by atoms with E-state index in [1.807, 2.05) is 12.3 Å². The first-order valence-corrected chi connectivity index (χ1v) is 5.38. The van der Waals surface area contributed by atoms with Crippen molar-refractivity contribution >= 4 is 0 Å². The topological polar surface area (TPSA) is 32.3 Å². The fourth-order valence-electron chi connectivity index (χ4n) is 1.99. The van der Waals surface area contributed by atoms with Crippen molar-refractivity contribution in [3.05, 3.63) is 35.3 Å². The molecule has 0 fully saturated rings. The molecular weight excluding hydrogens is 174 g/mol. The van der Waals surface area contributed by atoms with Crippen molar-refractivity contribution in [3.8, 4) is 0 Å². The van der Waals surface area contributed by atoms with E-state index in [0.717, 1.165) is 31.4 Å². The van der Waals surface area contributed by atoms with Crippen LogP contribution in [0.3, 0.4) is 0 Å². The number of rotatable bonds is 0. The van der Waals surface area contributed by atoms with Crippen LogP contribution in [0, 0.1) is 0 Å². The zero-order chi connectivity index (χ0) is 9.80. The van der Waals surface area contributed by atoms with Crippen LogP contribution in [0.1, 0.15) is 32.1 Å². The molecule has 2 nitrogen and oxygen atoms in total. The fraction of sp³-hybridized carbons (Fsp3) is 0.500. The molecule has 0 unspecified atom stereocenters. The molecule has 0 aromatic rings. The van der Waals surface area contributed by atoms with E-state index in [-0.39, 0.29) is 0 Å². The second-order valence-electron chi connectivity index (χ2n) is 3.96. The zero-order valence-electron chi connectivity index (χ0n) is 8.42. The number of nitrogens with one attached hydrogen (secondary N) is 1. The van der Waals surface area contributed by atoms with Crippen LogP contribution in [0.2, 0.25) is 0 Å². The smallest absolute Gasteiger partial charge is 0.120 e. The molecule has 0 saturated heterocycles. The van der Waals surface area contributed by atoms with Crippen molar-refractivity contribution in [3.63, 3.8) is 0 Å². The average Bonchev–Trinajstić information content (AvgIpc) is 2.21. The van der Waals surface area contributed by atoms with Gasteiger partial charge in [-0.05, 0) is 38.2 Å². The summed E-state index contributed by atoms with van der Waals surface area (Å²) in [4.78, 5) is 0. The Morgan fingerprint density at radius 1 is 1.07 bits per heavy atom. The van der Waals surface area contributed by atoms with Gasteiger partial charge in [0, 0.05) is 18.3 Å². The van der Waals surface area contributed by atoms with Gasteiger partial charge >= 0.3 is 0 Å². The molecule has 0 radical (unpaired) electrons. The minimum Gasteiger partial charge on any atom is -0.508 e. The second-order valence-corrected chi connectivity index (χ2v) is 3.96. The van der Waals surface area contributed by atoms with Crippen LogP contribution in [0.25, 0.3) is 0 Å². The van der Waals surface area contributed by atoms with E-state index in [1.54, 1.807) is 0 Å². The number of allylic oxidation sites excluding steroid dienone is 4. The third kappa shape index (κ3) is 2.19. The molecule has 2 heteroatoms. The number of aliphatic hydroxyl groups excluding tert-OH is 1. The molecule has 2 aliphatic heterocycles. The minimum absolute atomic E-state index is 0.427. The molecule has 0 aromatic carbocycles. The first kappa shape index (κ1) is 9.38. The lowest BCUT2D eigenvalue weighted by Crippen LogP contribution is -2.11. The highest BCUT2D eigenvalue weighted by atomic mass is 16.3. The van der Waals surface area contributed by atoms with Gasteiger partial charge in [-0.1, -0.05) is 11.6 Å². The Balaban J connectivity index is 2.31. The van der Waals surface area contributed by atoms with Crippen molar-refractivity contribution in [2.75, 3.05) is 6.54 Å². The van der Waals surface area contributed by atoms with Crippen LogP contribution in [0.4, 0.5) is 0 Å². The summed E-state index contributed by atoms with van der Waals surface area (Å²) in [6.45, 7) is 1.01. The predicted octanol–water partition coefficient (Wildman–Crippen LogP) is 2.81. The Hall–Kier alpha value is -1.18. The van der Waals surface area contributed by atoms with Crippen molar-refractivity contribution in [1.82, 2.24) is 5.32 Å². The predicted molar refractivity (Wildman–Crippen MR) is 58.0 cm³/mol. The molecule has 0 aromatic heterocycles. The van der Waals surface area contributed by atoms with Crippen LogP contribution in [0.15, 0.2) is 35.3 Å². The molecule has 2 heterocycles. The summed E-state index contributed by atoms with van der Waals surface area (Å²) in [5.74, 6) is 0.427. The van der Waals surface area contributed by atoms with Gasteiger partial charge in [0.15, 0.2) is 0 Å². The van der Waals surface area contributed by atoms with Gasteiger partial charge in [0.1, 0.15) is 5.76 Å². The maximum atomic E-state index is 9.75. The van der Waals surface area contributed by atoms with Crippen molar-refractivity contribution in [2.24, 2.45) is 0 Å². The summed E-state index contributed by atoms with van der Waals surface area (Å²) >= 11 is 0. The van der Waals surface area contributed by atoms with Crippen LogP contribution >= 0.6 is 0 Å². The normalized spacial score (nSPS) is 33.9. The van der Waals surface area contributed by atoms with Gasteiger partial charge in [-0.15, -0.1) is 0 Å². The van der Waals surface area contributed by atoms with E-state index in [4.69, 9.17) is 0 Å². The summed E-state index contributed by atoms with van der Waals surface area (Å²) in [5, 5.41) is 13.0. The number of fused-ring (bicyclic) bond motifs is 7. The molecule has 14 heavy (non-hydrogen) atoms. The maximum Gasteiger partial charge on any atom is 0.120 e. The lowest BCUT2D eigenvalue weighted by atomic mass is 9.96. The quantitative estimate of drug-likeness (QED) is 0.617. The molecule has 3 rings (SSSR count). The molecular formula is C12H17NO. The summed E-state index contributed by atoms with van der Waals surface area (Å²) < 4.78 is 0. The van der Waals surface area contributed by atoms with Crippen molar-refractivity contribution in [1.29, 1.82) is 0 Å². The fourth-order valence-corrected chi connectivity index (χ4v) is 1.99. The summed E-state index contributed by atoms with van der Waals surface area (Å²) in [5.41, 5.74) is 2.52. The van der Waals surface area contributed by atoms with Crippen LogP contribution < -0.4 is 5.32 Å². The molecule has 0 saturated carbocycles. The Labute approximate surface area is 85.0 Å². The summed E-state index contributed by atoms with van der Waals surface area (Å²) in [7, 11) is 0. The molecule has 1 aliphatic carbocycles. The molecule has 2 N–H and O–H groups in total. The van der Waals surface area contributed by atoms with Crippen LogP contribution in [0.5, 0.6) is 0 Å². The maximum absolute atomic E-state index is 9.75. The summed E-state index contributed by atoms with van der Waals surface area (Å²) in [6.07, 6.45) is 11.5. The van der Waals surface area contributed by atoms with E-state index in [9.17, 15) is 5.11 Å². The van der Waals surface area contributed by atoms with Gasteiger partial charge in [0.2, 0.25) is 0 Å². The van der Waals surface area contributed by atoms with Gasteiger partial charge in [0.25, 0.3) is 0 Å². The molecule has 76 valence electrons. The molecule has 2 bridgehead atoms. The van der Waals surface area contributed by atoms with Crippen molar-refractivity contribution in [2.45, 2.75) is 32.1 Å². The van der Waals surface area contributed by atoms with Gasteiger partial charge in [-0.3, -0.25) is 0 Å². The highest BCUT2D eigenvalue weighted by Crippen LogP contribution is 2.23. The summed E-state index contributed by atoms with van der Waals surface area (Å²) in [6, 6.07) is 0. The third-order valence-corrected chi connectivity index (χ3v) is 2.85. The Morgan fingerprint density at radius 2 is 1.93 bits per heavy atom. The zero-order valence-corrected chi connectivity index (χ0v) is 8.42. The molecule has 0 spiro atoms. The Bertz CT molecular complexity index is 299. The van der Waals surface area contributed by atoms with E-state index in [2.05, 4.69) is 11.4 Å². The van der Waals surface area contributed by atoms with E-state index >= 15 is 0 Å². The van der Waals surface area contributed by atoms with E-state index in [0.29, 0.717) is 5.76 Å². The van der Waals surface area contributed by atoms with Gasteiger partial charge in [0.05, 0.1) is 0 Å². The van der Waals surface area contributed by atoms with Crippen LogP contribution in [-0.4, -0.2) is 11.7 Å². The third-order valence-electron chi connectivity index (χ3n) is 2.85.